The van der Waals surface area contributed by atoms with E-state index in [0.29, 0.717) is 32.3 Å². The number of halogens is 2. The minimum atomic E-state index is -2.24. The number of carbonyl (C=O) groups is 8. The number of thiophene rings is 2. The van der Waals surface area contributed by atoms with Crippen LogP contribution in [0.2, 0.25) is 10.0 Å². The predicted octanol–water partition coefficient (Wildman–Crippen LogP) is 7.11. The molecule has 0 bridgehead atoms. The van der Waals surface area contributed by atoms with Crippen LogP contribution in [0.25, 0.3) is 22.3 Å². The van der Waals surface area contributed by atoms with Gasteiger partial charge in [-0.25, -0.2) is 9.59 Å². The third-order valence-electron chi connectivity index (χ3n) is 7.95. The summed E-state index contributed by atoms with van der Waals surface area (Å²) < 4.78 is 32.2. The molecule has 0 saturated carbocycles. The Kier molecular flexibility index (Phi) is 16.7. The molecule has 2 aromatic heterocycles. The quantitative estimate of drug-likeness (QED) is 0.0798. The van der Waals surface area contributed by atoms with Gasteiger partial charge >= 0.3 is 35.8 Å². The van der Waals surface area contributed by atoms with E-state index in [1.807, 2.05) is 0 Å². The van der Waals surface area contributed by atoms with Crippen LogP contribution in [0.5, 0.6) is 0 Å². The average Bonchev–Trinajstić information content (AvgIpc) is 3.79. The summed E-state index contributed by atoms with van der Waals surface area (Å²) in [4.78, 5) is 106. The Hall–Kier alpha value is -5.82. The summed E-state index contributed by atoms with van der Waals surface area (Å²) in [6.45, 7) is 6.73. The molecule has 0 radical (unpaired) electrons. The van der Waals surface area contributed by atoms with Crippen LogP contribution in [0.15, 0.2) is 59.3 Å². The topological polar surface area (TPSA) is 216 Å². The summed E-state index contributed by atoms with van der Waals surface area (Å²) in [5, 5.41) is 8.74. The molecule has 0 aliphatic rings. The molecule has 318 valence electrons. The fourth-order valence-electron chi connectivity index (χ4n) is 5.64. The normalized spacial score (nSPS) is 12.7. The maximum Gasteiger partial charge on any atom is 0.341 e. The number of benzene rings is 2. The average molecular weight is 906 g/mol. The molecule has 4 atom stereocenters. The number of amides is 2. The Morgan fingerprint density at radius 1 is 0.533 bits per heavy atom. The Bertz CT molecular complexity index is 2100. The van der Waals surface area contributed by atoms with Gasteiger partial charge in [-0.2, -0.15) is 0 Å². The molecule has 2 heterocycles. The summed E-state index contributed by atoms with van der Waals surface area (Å²) in [7, 11) is 0. The first-order valence-electron chi connectivity index (χ1n) is 17.8. The number of esters is 6. The van der Waals surface area contributed by atoms with Crippen molar-refractivity contribution in [1.82, 2.24) is 0 Å². The minimum Gasteiger partial charge on any atom is -0.462 e. The van der Waals surface area contributed by atoms with Crippen molar-refractivity contribution in [2.75, 3.05) is 23.8 Å². The largest absolute Gasteiger partial charge is 0.462 e. The lowest BCUT2D eigenvalue weighted by molar-refractivity contribution is -0.198. The molecule has 0 aliphatic carbocycles. The Balaban J connectivity index is 1.83. The summed E-state index contributed by atoms with van der Waals surface area (Å²) >= 11 is 13.9. The molecule has 2 aromatic carbocycles. The molecule has 2 N–H and O–H groups in total. The van der Waals surface area contributed by atoms with Crippen LogP contribution in [0.3, 0.4) is 0 Å². The Morgan fingerprint density at radius 2 is 0.850 bits per heavy atom. The van der Waals surface area contributed by atoms with Crippen molar-refractivity contribution < 1.29 is 66.8 Å². The fraction of sp³-hybridized carbons (Fsp3) is 0.300. The summed E-state index contributed by atoms with van der Waals surface area (Å²) in [6, 6.07) is 12.9. The Labute approximate surface area is 361 Å². The number of ether oxygens (including phenoxy) is 6. The van der Waals surface area contributed by atoms with Crippen molar-refractivity contribution in [2.24, 2.45) is 0 Å². The van der Waals surface area contributed by atoms with Crippen molar-refractivity contribution in [2.45, 2.75) is 66.0 Å². The number of nitrogens with one attached hydrogen (secondary N) is 2. The molecular formula is C40H38Cl2N2O14S2. The maximum atomic E-state index is 14.3. The monoisotopic (exact) mass is 904 g/mol. The number of anilines is 2. The molecule has 20 heteroatoms. The standard InChI is InChI=1S/C40H38Cl2N2O14S2/c1-7-53-39(51)29-27(23-9-13-25(41)14-10-23)17-59-37(29)43-35(49)33(57-21(5)47)31(55-19(3)45)32(56-20(4)46)34(58-22(6)48)36(50)44-38-30(40(52)54-8-2)28(18-60-38)24-11-15-26(42)16-12-24/h9-18,31-34H,7-8H2,1-6H3,(H,43,49)(H,44,50). The van der Waals surface area contributed by atoms with E-state index in [-0.39, 0.29) is 34.3 Å². The lowest BCUT2D eigenvalue weighted by Gasteiger charge is -2.34. The van der Waals surface area contributed by atoms with Crippen molar-refractivity contribution in [3.8, 4) is 22.3 Å². The third-order valence-corrected chi connectivity index (χ3v) is 10.2. The second kappa shape index (κ2) is 21.4. The van der Waals surface area contributed by atoms with Crippen LogP contribution < -0.4 is 10.6 Å². The van der Waals surface area contributed by atoms with Gasteiger partial charge in [-0.3, -0.25) is 28.8 Å². The highest BCUT2D eigenvalue weighted by atomic mass is 35.5. The van der Waals surface area contributed by atoms with E-state index < -0.39 is 72.0 Å². The number of hydrogen-bond acceptors (Lipinski definition) is 16. The van der Waals surface area contributed by atoms with Crippen LogP contribution in [0, 0.1) is 0 Å². The van der Waals surface area contributed by atoms with Crippen molar-refractivity contribution in [3.63, 3.8) is 0 Å². The van der Waals surface area contributed by atoms with Gasteiger partial charge in [-0.05, 0) is 49.2 Å². The highest BCUT2D eigenvalue weighted by molar-refractivity contribution is 7.15. The highest BCUT2D eigenvalue weighted by Crippen LogP contribution is 2.39. The fourth-order valence-corrected chi connectivity index (χ4v) is 7.82. The first-order chi connectivity index (χ1) is 28.4. The van der Waals surface area contributed by atoms with Crippen molar-refractivity contribution in [3.05, 3.63) is 80.5 Å². The Morgan fingerprint density at radius 3 is 1.13 bits per heavy atom. The van der Waals surface area contributed by atoms with Crippen molar-refractivity contribution in [1.29, 1.82) is 0 Å². The summed E-state index contributed by atoms with van der Waals surface area (Å²) in [6.07, 6.45) is -8.90. The molecule has 4 aromatic rings. The molecule has 0 aliphatic heterocycles. The number of carbonyl (C=O) groups excluding carboxylic acids is 8. The molecular weight excluding hydrogens is 867 g/mol. The van der Waals surface area contributed by atoms with Gasteiger partial charge in [0, 0.05) is 59.6 Å². The van der Waals surface area contributed by atoms with E-state index in [0.717, 1.165) is 50.4 Å². The first kappa shape index (κ1) is 46.9. The zero-order valence-corrected chi connectivity index (χ0v) is 35.9. The van der Waals surface area contributed by atoms with Crippen LogP contribution >= 0.6 is 45.9 Å². The van der Waals surface area contributed by atoms with Crippen LogP contribution in [0.4, 0.5) is 10.0 Å². The highest BCUT2D eigenvalue weighted by Gasteiger charge is 2.49. The second-order valence-corrected chi connectivity index (χ2v) is 15.0. The predicted molar refractivity (Wildman–Crippen MR) is 221 cm³/mol. The van der Waals surface area contributed by atoms with Gasteiger partial charge in [0.2, 0.25) is 12.2 Å². The van der Waals surface area contributed by atoms with Gasteiger partial charge in [0.15, 0.2) is 12.2 Å². The van der Waals surface area contributed by atoms with Gasteiger partial charge in [0.05, 0.1) is 13.2 Å². The summed E-state index contributed by atoms with van der Waals surface area (Å²) in [5.74, 6) is -8.58. The minimum absolute atomic E-state index is 0.0361. The molecule has 60 heavy (non-hydrogen) atoms. The third kappa shape index (κ3) is 12.1. The van der Waals surface area contributed by atoms with Gasteiger partial charge in [-0.1, -0.05) is 47.5 Å². The molecule has 0 spiro atoms. The lowest BCUT2D eigenvalue weighted by atomic mass is 9.99. The molecule has 16 nitrogen and oxygen atoms in total. The molecule has 0 fully saturated rings. The van der Waals surface area contributed by atoms with E-state index >= 15 is 0 Å². The first-order valence-corrected chi connectivity index (χ1v) is 20.4. The van der Waals surface area contributed by atoms with E-state index in [1.54, 1.807) is 73.1 Å². The van der Waals surface area contributed by atoms with E-state index in [9.17, 15) is 38.4 Å². The van der Waals surface area contributed by atoms with Gasteiger partial charge in [-0.15, -0.1) is 22.7 Å². The van der Waals surface area contributed by atoms with Crippen LogP contribution in [-0.4, -0.2) is 85.3 Å². The lowest BCUT2D eigenvalue weighted by Crippen LogP contribution is -2.57. The van der Waals surface area contributed by atoms with E-state index in [2.05, 4.69) is 10.6 Å². The van der Waals surface area contributed by atoms with E-state index in [4.69, 9.17) is 51.6 Å². The zero-order valence-electron chi connectivity index (χ0n) is 32.8. The molecule has 0 saturated heterocycles. The van der Waals surface area contributed by atoms with Crippen LogP contribution in [0.1, 0.15) is 62.3 Å². The maximum absolute atomic E-state index is 14.3. The molecule has 4 unspecified atom stereocenters. The van der Waals surface area contributed by atoms with Crippen LogP contribution in [-0.2, 0) is 57.2 Å². The zero-order chi connectivity index (χ0) is 44.3. The van der Waals surface area contributed by atoms with Gasteiger partial charge < -0.3 is 39.1 Å². The number of hydrogen-bond donors (Lipinski definition) is 2. The molecule has 2 amide bonds. The summed E-state index contributed by atoms with van der Waals surface area (Å²) in [5.41, 5.74) is 1.54. The van der Waals surface area contributed by atoms with Gasteiger partial charge in [0.25, 0.3) is 11.8 Å². The SMILES string of the molecule is CCOC(=O)c1c(-c2ccc(Cl)cc2)csc1NC(=O)C(OC(C)=O)C(OC(C)=O)C(OC(C)=O)C(OC(C)=O)C(=O)Nc1scc(-c2ccc(Cl)cc2)c1C(=O)OCC. The number of rotatable bonds is 17. The smallest absolute Gasteiger partial charge is 0.341 e. The van der Waals surface area contributed by atoms with Gasteiger partial charge in [0.1, 0.15) is 21.1 Å². The molecule has 4 rings (SSSR count). The van der Waals surface area contributed by atoms with E-state index in [1.165, 1.54) is 0 Å². The van der Waals surface area contributed by atoms with Crippen molar-refractivity contribution >= 4 is 104 Å². The second-order valence-electron chi connectivity index (χ2n) is 12.3.